The van der Waals surface area contributed by atoms with Gasteiger partial charge in [0.05, 0.1) is 11.7 Å². The molecule has 0 aromatic carbocycles. The molecule has 0 bridgehead atoms. The normalized spacial score (nSPS) is 59.6. The lowest BCUT2D eigenvalue weighted by molar-refractivity contribution is -0.225. The van der Waals surface area contributed by atoms with Gasteiger partial charge in [0.2, 0.25) is 0 Å². The van der Waals surface area contributed by atoms with Gasteiger partial charge in [-0.3, -0.25) is 0 Å². The van der Waals surface area contributed by atoms with Crippen LogP contribution in [0.2, 0.25) is 0 Å². The van der Waals surface area contributed by atoms with Crippen LogP contribution in [0.25, 0.3) is 0 Å². The zero-order valence-corrected chi connectivity index (χ0v) is 17.3. The first-order valence-corrected chi connectivity index (χ1v) is 11.4. The lowest BCUT2D eigenvalue weighted by Gasteiger charge is -2.64. The predicted molar refractivity (Wildman–Crippen MR) is 106 cm³/mol. The molecule has 0 unspecified atom stereocenters. The lowest BCUT2D eigenvalue weighted by atomic mass is 9.42. The summed E-state index contributed by atoms with van der Waals surface area (Å²) < 4.78 is 0. The summed E-state index contributed by atoms with van der Waals surface area (Å²) in [6.07, 6.45) is 7.79. The minimum Gasteiger partial charge on any atom is -0.393 e. The molecule has 0 heterocycles. The van der Waals surface area contributed by atoms with Gasteiger partial charge in [0.1, 0.15) is 12.2 Å². The Bertz CT molecular complexity index is 726. The van der Waals surface area contributed by atoms with Crippen LogP contribution >= 0.6 is 0 Å². The summed E-state index contributed by atoms with van der Waals surface area (Å²) in [7, 11) is 0. The van der Waals surface area contributed by atoms with E-state index in [0.29, 0.717) is 30.1 Å². The van der Waals surface area contributed by atoms with Crippen molar-refractivity contribution >= 4 is 0 Å². The molecule has 0 saturated heterocycles. The van der Waals surface area contributed by atoms with Crippen molar-refractivity contribution in [2.24, 2.45) is 40.4 Å². The minimum absolute atomic E-state index is 0.132. The largest absolute Gasteiger partial charge is 0.393 e. The fraction of sp³-hybridized carbons (Fsp3) is 0.917. The molecule has 28 heavy (non-hydrogen) atoms. The number of aliphatic hydroxyl groups excluding tert-OH is 2. The lowest BCUT2D eigenvalue weighted by Crippen LogP contribution is -2.64. The van der Waals surface area contributed by atoms with E-state index in [0.717, 1.165) is 44.9 Å². The molecule has 0 spiro atoms. The van der Waals surface area contributed by atoms with Crippen molar-refractivity contribution in [1.29, 1.82) is 0 Å². The summed E-state index contributed by atoms with van der Waals surface area (Å²) >= 11 is 0. The smallest absolute Gasteiger partial charge is 0.134 e. The Morgan fingerprint density at radius 3 is 2.25 bits per heavy atom. The summed E-state index contributed by atoms with van der Waals surface area (Å²) in [4.78, 5) is 0. The van der Waals surface area contributed by atoms with E-state index in [-0.39, 0.29) is 29.5 Å². The van der Waals surface area contributed by atoms with E-state index in [1.807, 2.05) is 0 Å². The van der Waals surface area contributed by atoms with E-state index in [9.17, 15) is 20.4 Å². The molecular formula is C24H36O4. The third kappa shape index (κ3) is 2.12. The second-order valence-corrected chi connectivity index (χ2v) is 11.2. The van der Waals surface area contributed by atoms with Crippen LogP contribution in [0.4, 0.5) is 0 Å². The number of hydrogen-bond acceptors (Lipinski definition) is 4. The van der Waals surface area contributed by atoms with Gasteiger partial charge in [-0.05, 0) is 80.5 Å². The highest BCUT2D eigenvalue weighted by Crippen LogP contribution is 2.74. The predicted octanol–water partition coefficient (Wildman–Crippen LogP) is 2.48. The summed E-state index contributed by atoms with van der Waals surface area (Å²) in [5.41, 5.74) is -2.08. The van der Waals surface area contributed by atoms with Gasteiger partial charge in [-0.2, -0.15) is 0 Å². The Kier molecular flexibility index (Phi) is 4.13. The first-order chi connectivity index (χ1) is 13.2. The van der Waals surface area contributed by atoms with Crippen LogP contribution in [0.3, 0.4) is 0 Å². The van der Waals surface area contributed by atoms with Crippen LogP contribution in [-0.4, -0.2) is 44.3 Å². The van der Waals surface area contributed by atoms with Crippen LogP contribution in [0, 0.1) is 52.3 Å². The van der Waals surface area contributed by atoms with Gasteiger partial charge < -0.3 is 20.4 Å². The number of rotatable bonds is 0. The molecular weight excluding hydrogens is 352 g/mol. The molecule has 156 valence electrons. The van der Waals surface area contributed by atoms with Crippen molar-refractivity contribution in [3.05, 3.63) is 0 Å². The molecule has 0 amide bonds. The van der Waals surface area contributed by atoms with E-state index < -0.39 is 11.2 Å². The van der Waals surface area contributed by atoms with Crippen LogP contribution < -0.4 is 0 Å². The molecule has 4 nitrogen and oxygen atoms in total. The van der Waals surface area contributed by atoms with Gasteiger partial charge in [0.25, 0.3) is 0 Å². The SMILES string of the molecule is C[C@]12CC[C@H]3[C@@H](CC[C@]4(O)C[C@@H](O)CC[C@]34C)[C@@H]1[C@@H]1CC[C@@H]1[C@@]2(O)C#CCO. The molecule has 0 aromatic heterocycles. The van der Waals surface area contributed by atoms with Gasteiger partial charge in [-0.15, -0.1) is 0 Å². The molecule has 4 heteroatoms. The van der Waals surface area contributed by atoms with Gasteiger partial charge >= 0.3 is 0 Å². The van der Waals surface area contributed by atoms with Crippen molar-refractivity contribution in [1.82, 2.24) is 0 Å². The monoisotopic (exact) mass is 388 g/mol. The number of aliphatic hydroxyl groups is 4. The van der Waals surface area contributed by atoms with E-state index in [4.69, 9.17) is 0 Å². The van der Waals surface area contributed by atoms with E-state index in [2.05, 4.69) is 25.7 Å². The molecule has 10 atom stereocenters. The molecule has 0 aromatic rings. The maximum atomic E-state index is 11.8. The second kappa shape index (κ2) is 5.97. The Morgan fingerprint density at radius 1 is 0.857 bits per heavy atom. The molecule has 5 rings (SSSR count). The van der Waals surface area contributed by atoms with Crippen molar-refractivity contribution < 1.29 is 20.4 Å². The number of fused-ring (bicyclic) bond motifs is 7. The average molecular weight is 389 g/mol. The number of hydrogen-bond donors (Lipinski definition) is 4. The Morgan fingerprint density at radius 2 is 1.57 bits per heavy atom. The highest BCUT2D eigenvalue weighted by molar-refractivity contribution is 5.32. The maximum Gasteiger partial charge on any atom is 0.134 e. The van der Waals surface area contributed by atoms with E-state index >= 15 is 0 Å². The van der Waals surface area contributed by atoms with E-state index in [1.165, 1.54) is 6.42 Å². The molecule has 5 saturated carbocycles. The van der Waals surface area contributed by atoms with Crippen LogP contribution in [-0.2, 0) is 0 Å². The van der Waals surface area contributed by atoms with Crippen molar-refractivity contribution in [2.75, 3.05) is 6.61 Å². The fourth-order valence-corrected chi connectivity index (χ4v) is 9.02. The summed E-state index contributed by atoms with van der Waals surface area (Å²) in [6, 6.07) is 0. The van der Waals surface area contributed by atoms with Crippen molar-refractivity contribution in [2.45, 2.75) is 88.9 Å². The average Bonchev–Trinajstić information content (AvgIpc) is 2.74. The van der Waals surface area contributed by atoms with Gasteiger partial charge in [-0.25, -0.2) is 0 Å². The van der Waals surface area contributed by atoms with E-state index in [1.54, 1.807) is 0 Å². The summed E-state index contributed by atoms with van der Waals surface area (Å²) in [6.45, 7) is 4.34. The maximum absolute atomic E-state index is 11.8. The first kappa shape index (κ1) is 19.4. The topological polar surface area (TPSA) is 80.9 Å². The van der Waals surface area contributed by atoms with Crippen LogP contribution in [0.15, 0.2) is 0 Å². The third-order valence-electron chi connectivity index (χ3n) is 10.6. The third-order valence-corrected chi connectivity index (χ3v) is 10.6. The van der Waals surface area contributed by atoms with Crippen LogP contribution in [0.1, 0.15) is 71.6 Å². The van der Waals surface area contributed by atoms with Crippen molar-refractivity contribution in [3.63, 3.8) is 0 Å². The van der Waals surface area contributed by atoms with Gasteiger partial charge in [0, 0.05) is 17.8 Å². The van der Waals surface area contributed by atoms with Gasteiger partial charge in [-0.1, -0.05) is 25.7 Å². The molecule has 5 aliphatic carbocycles. The quantitative estimate of drug-likeness (QED) is 0.481. The Hall–Kier alpha value is -0.600. The van der Waals surface area contributed by atoms with Crippen molar-refractivity contribution in [3.8, 4) is 11.8 Å². The molecule has 5 fully saturated rings. The highest BCUT2D eigenvalue weighted by Gasteiger charge is 2.74. The molecule has 4 N–H and O–H groups in total. The Labute approximate surface area is 168 Å². The highest BCUT2D eigenvalue weighted by atomic mass is 16.3. The molecule has 0 radical (unpaired) electrons. The summed E-state index contributed by atoms with van der Waals surface area (Å²) in [5, 5.41) is 42.8. The fourth-order valence-electron chi connectivity index (χ4n) is 9.02. The standard InChI is InChI=1S/C24H36O4/c1-21-10-6-15(26)14-23(21,27)12-7-17-18(21)8-11-22(2)20(17)16-4-5-19(16)24(22,28)9-3-13-25/h15-20,25-28H,4-8,10-14H2,1-2H3/t15-,16+,17+,18-,19-,20-,21+,22-,23-,24-/m0/s1. The van der Waals surface area contributed by atoms with Crippen LogP contribution in [0.5, 0.6) is 0 Å². The second-order valence-electron chi connectivity index (χ2n) is 11.2. The Balaban J connectivity index is 1.53. The first-order valence-electron chi connectivity index (χ1n) is 11.4. The minimum atomic E-state index is -0.980. The molecule has 0 aliphatic heterocycles. The summed E-state index contributed by atoms with van der Waals surface area (Å²) in [5.74, 6) is 8.13. The van der Waals surface area contributed by atoms with Gasteiger partial charge in [0.15, 0.2) is 0 Å². The zero-order chi connectivity index (χ0) is 19.9. The zero-order valence-electron chi connectivity index (χ0n) is 17.3. The molecule has 5 aliphatic rings.